The lowest BCUT2D eigenvalue weighted by Crippen LogP contribution is -2.33. The first kappa shape index (κ1) is 28.8. The van der Waals surface area contributed by atoms with Crippen LogP contribution < -0.4 is 10.0 Å². The predicted octanol–water partition coefficient (Wildman–Crippen LogP) is 2.59. The molecule has 0 bridgehead atoms. The van der Waals surface area contributed by atoms with Gasteiger partial charge in [0.25, 0.3) is 0 Å². The fourth-order valence-electron chi connectivity index (χ4n) is 3.65. The van der Waals surface area contributed by atoms with Crippen LogP contribution in [-0.2, 0) is 44.0 Å². The van der Waals surface area contributed by atoms with Crippen molar-refractivity contribution in [3.8, 4) is 0 Å². The molecule has 1 fully saturated rings. The van der Waals surface area contributed by atoms with E-state index in [1.807, 2.05) is 0 Å². The van der Waals surface area contributed by atoms with Crippen molar-refractivity contribution in [1.82, 2.24) is 14.3 Å². The highest BCUT2D eigenvalue weighted by atomic mass is 32.2. The Morgan fingerprint density at radius 3 is 2.16 bits per heavy atom. The summed E-state index contributed by atoms with van der Waals surface area (Å²) in [5.74, 6) is -1.28. The zero-order chi connectivity index (χ0) is 27.4. The molecule has 0 saturated carbocycles. The van der Waals surface area contributed by atoms with E-state index in [9.17, 15) is 39.2 Å². The van der Waals surface area contributed by atoms with Gasteiger partial charge in [0.15, 0.2) is 0 Å². The van der Waals surface area contributed by atoms with Gasteiger partial charge in [-0.3, -0.25) is 4.79 Å². The summed E-state index contributed by atoms with van der Waals surface area (Å²) >= 11 is 0. The molecule has 2 N–H and O–H groups in total. The van der Waals surface area contributed by atoms with Crippen LogP contribution in [0, 0.1) is 5.92 Å². The maximum absolute atomic E-state index is 14.4. The van der Waals surface area contributed by atoms with Crippen LogP contribution in [0.25, 0.3) is 0 Å². The Kier molecular flexibility index (Phi) is 8.78. The molecule has 1 heterocycles. The number of benzene rings is 2. The highest BCUT2D eigenvalue weighted by Gasteiger charge is 2.39. The number of nitrogens with one attached hydrogen (secondary N) is 2. The van der Waals surface area contributed by atoms with Gasteiger partial charge in [-0.1, -0.05) is 30.8 Å². The molecule has 0 aromatic heterocycles. The summed E-state index contributed by atoms with van der Waals surface area (Å²) in [5.41, 5.74) is 0.182. The standard InChI is InChI=1S/C23H25F4N3O5S2/c1-2-36(32,33)29-13-18-14-30(15-21(18)24)37(34,35)20-9-5-16(6-10-20)11-22(31)28-12-17-3-7-19(8-4-17)23(25,26)27/h2-10,18,21,29H,1,11-15H2,(H,28,31)/t18-,21+/m1/s1. The van der Waals surface area contributed by atoms with E-state index < -0.39 is 56.3 Å². The number of carbonyl (C=O) groups is 1. The quantitative estimate of drug-likeness (QED) is 0.432. The second-order valence-corrected chi connectivity index (χ2v) is 12.1. The molecule has 0 unspecified atom stereocenters. The van der Waals surface area contributed by atoms with E-state index in [2.05, 4.69) is 16.6 Å². The first-order chi connectivity index (χ1) is 17.2. The second-order valence-electron chi connectivity index (χ2n) is 8.45. The molecular formula is C23H25F4N3O5S2. The Labute approximate surface area is 212 Å². The van der Waals surface area contributed by atoms with Crippen LogP contribution in [0.2, 0.25) is 0 Å². The van der Waals surface area contributed by atoms with E-state index in [0.29, 0.717) is 16.5 Å². The van der Waals surface area contributed by atoms with Gasteiger partial charge in [0.1, 0.15) is 6.17 Å². The van der Waals surface area contributed by atoms with Crippen molar-refractivity contribution in [2.75, 3.05) is 19.6 Å². The summed E-state index contributed by atoms with van der Waals surface area (Å²) in [5, 5.41) is 3.27. The van der Waals surface area contributed by atoms with Crippen LogP contribution in [0.15, 0.2) is 65.4 Å². The Bertz CT molecular complexity index is 1330. The third kappa shape index (κ3) is 7.60. The molecule has 0 radical (unpaired) electrons. The van der Waals surface area contributed by atoms with Crippen molar-refractivity contribution in [2.45, 2.75) is 30.2 Å². The SMILES string of the molecule is C=CS(=O)(=O)NC[C@@H]1CN(S(=O)(=O)c2ccc(CC(=O)NCc3ccc(C(F)(F)F)cc3)cc2)C[C@@H]1F. The molecule has 1 aliphatic rings. The van der Waals surface area contributed by atoms with Crippen molar-refractivity contribution in [3.05, 3.63) is 77.2 Å². The molecule has 37 heavy (non-hydrogen) atoms. The monoisotopic (exact) mass is 563 g/mol. The van der Waals surface area contributed by atoms with E-state index in [0.717, 1.165) is 16.4 Å². The van der Waals surface area contributed by atoms with Gasteiger partial charge in [0.2, 0.25) is 26.0 Å². The third-order valence-electron chi connectivity index (χ3n) is 5.79. The van der Waals surface area contributed by atoms with Gasteiger partial charge in [-0.25, -0.2) is 25.9 Å². The molecule has 1 aliphatic heterocycles. The third-order valence-corrected chi connectivity index (χ3v) is 8.64. The second kappa shape index (κ2) is 11.3. The van der Waals surface area contributed by atoms with Gasteiger partial charge in [-0.15, -0.1) is 0 Å². The lowest BCUT2D eigenvalue weighted by atomic mass is 10.1. The molecule has 2 atom stereocenters. The zero-order valence-corrected chi connectivity index (χ0v) is 21.0. The number of amides is 1. The van der Waals surface area contributed by atoms with Crippen molar-refractivity contribution < 1.29 is 39.2 Å². The highest BCUT2D eigenvalue weighted by molar-refractivity contribution is 7.92. The first-order valence-corrected chi connectivity index (χ1v) is 14.0. The lowest BCUT2D eigenvalue weighted by Gasteiger charge is -2.16. The van der Waals surface area contributed by atoms with Crippen molar-refractivity contribution >= 4 is 26.0 Å². The molecule has 1 amide bonds. The van der Waals surface area contributed by atoms with E-state index in [4.69, 9.17) is 0 Å². The molecule has 0 aliphatic carbocycles. The molecule has 14 heteroatoms. The molecule has 0 spiro atoms. The van der Waals surface area contributed by atoms with Crippen LogP contribution in [-0.4, -0.2) is 52.9 Å². The highest BCUT2D eigenvalue weighted by Crippen LogP contribution is 2.29. The van der Waals surface area contributed by atoms with Gasteiger partial charge >= 0.3 is 6.18 Å². The van der Waals surface area contributed by atoms with Crippen molar-refractivity contribution in [3.63, 3.8) is 0 Å². The van der Waals surface area contributed by atoms with Crippen LogP contribution in [0.3, 0.4) is 0 Å². The maximum atomic E-state index is 14.4. The van der Waals surface area contributed by atoms with Gasteiger partial charge in [-0.05, 0) is 35.4 Å². The maximum Gasteiger partial charge on any atom is 0.416 e. The van der Waals surface area contributed by atoms with Crippen LogP contribution >= 0.6 is 0 Å². The smallest absolute Gasteiger partial charge is 0.352 e. The van der Waals surface area contributed by atoms with Crippen molar-refractivity contribution in [2.24, 2.45) is 5.92 Å². The summed E-state index contributed by atoms with van der Waals surface area (Å²) in [6.07, 6.45) is -6.10. The Morgan fingerprint density at radius 2 is 1.59 bits per heavy atom. The molecule has 8 nitrogen and oxygen atoms in total. The average molecular weight is 564 g/mol. The van der Waals surface area contributed by atoms with Gasteiger partial charge in [-0.2, -0.15) is 17.5 Å². The van der Waals surface area contributed by atoms with Gasteiger partial charge in [0, 0.05) is 37.5 Å². The summed E-state index contributed by atoms with van der Waals surface area (Å²) in [6, 6.07) is 9.82. The minimum Gasteiger partial charge on any atom is -0.352 e. The lowest BCUT2D eigenvalue weighted by molar-refractivity contribution is -0.137. The number of alkyl halides is 4. The van der Waals surface area contributed by atoms with Gasteiger partial charge in [0.05, 0.1) is 16.9 Å². The van der Waals surface area contributed by atoms with Crippen LogP contribution in [0.5, 0.6) is 0 Å². The molecule has 3 rings (SSSR count). The van der Waals surface area contributed by atoms with Crippen LogP contribution in [0.4, 0.5) is 17.6 Å². The van der Waals surface area contributed by atoms with E-state index in [1.54, 1.807) is 0 Å². The van der Waals surface area contributed by atoms with E-state index >= 15 is 0 Å². The van der Waals surface area contributed by atoms with E-state index in [-0.39, 0.29) is 31.0 Å². The summed E-state index contributed by atoms with van der Waals surface area (Å²) in [7, 11) is -7.83. The summed E-state index contributed by atoms with van der Waals surface area (Å²) < 4.78 is 104. The number of carbonyl (C=O) groups excluding carboxylic acids is 1. The Hall–Kier alpha value is -2.81. The molecule has 202 valence electrons. The fourth-order valence-corrected chi connectivity index (χ4v) is 5.72. The number of sulfonamides is 2. The summed E-state index contributed by atoms with van der Waals surface area (Å²) in [4.78, 5) is 12.1. The molecule has 1 saturated heterocycles. The first-order valence-electron chi connectivity index (χ1n) is 11.0. The van der Waals surface area contributed by atoms with Crippen molar-refractivity contribution in [1.29, 1.82) is 0 Å². The Morgan fingerprint density at radius 1 is 1.00 bits per heavy atom. The number of halogens is 4. The normalized spacial score (nSPS) is 19.0. The summed E-state index contributed by atoms with van der Waals surface area (Å²) in [6.45, 7) is 2.25. The number of rotatable bonds is 10. The minimum atomic E-state index is -4.45. The zero-order valence-electron chi connectivity index (χ0n) is 19.4. The van der Waals surface area contributed by atoms with E-state index in [1.165, 1.54) is 36.4 Å². The fraction of sp³-hybridized carbons (Fsp3) is 0.348. The topological polar surface area (TPSA) is 113 Å². The Balaban J connectivity index is 1.55. The minimum absolute atomic E-state index is 0.0207. The molecule has 2 aromatic carbocycles. The number of hydrogen-bond acceptors (Lipinski definition) is 5. The van der Waals surface area contributed by atoms with Gasteiger partial charge < -0.3 is 5.32 Å². The number of hydrogen-bond donors (Lipinski definition) is 2. The molecule has 2 aromatic rings. The predicted molar refractivity (Wildman–Crippen MR) is 128 cm³/mol. The number of nitrogens with zero attached hydrogens (tertiary/aromatic N) is 1. The molecular weight excluding hydrogens is 538 g/mol. The average Bonchev–Trinajstić information content (AvgIpc) is 3.23. The van der Waals surface area contributed by atoms with Crippen LogP contribution in [0.1, 0.15) is 16.7 Å². The largest absolute Gasteiger partial charge is 0.416 e.